The van der Waals surface area contributed by atoms with E-state index in [4.69, 9.17) is 0 Å². The van der Waals surface area contributed by atoms with Crippen LogP contribution in [0.1, 0.15) is 46.9 Å². The molecule has 0 spiro atoms. The predicted molar refractivity (Wildman–Crippen MR) is 68.5 cm³/mol. The molecule has 1 aromatic heterocycles. The molecule has 1 aromatic rings. The van der Waals surface area contributed by atoms with Crippen molar-refractivity contribution in [2.24, 2.45) is 10.8 Å². The molecule has 0 radical (unpaired) electrons. The van der Waals surface area contributed by atoms with Gasteiger partial charge >= 0.3 is 0 Å². The summed E-state index contributed by atoms with van der Waals surface area (Å²) >= 11 is 0. The van der Waals surface area contributed by atoms with Crippen molar-refractivity contribution in [3.63, 3.8) is 0 Å². The van der Waals surface area contributed by atoms with E-state index >= 15 is 0 Å². The molecule has 0 amide bonds. The second-order valence-electron chi connectivity index (χ2n) is 6.16. The Hall–Kier alpha value is -0.900. The van der Waals surface area contributed by atoms with Gasteiger partial charge in [0, 0.05) is 12.6 Å². The first-order valence-corrected chi connectivity index (χ1v) is 6.51. The van der Waals surface area contributed by atoms with Crippen molar-refractivity contribution < 1.29 is 0 Å². The van der Waals surface area contributed by atoms with Crippen LogP contribution in [0.5, 0.6) is 0 Å². The average molecular weight is 236 g/mol. The van der Waals surface area contributed by atoms with E-state index in [1.54, 1.807) is 6.33 Å². The predicted octanol–water partition coefficient (Wildman–Crippen LogP) is 2.21. The summed E-state index contributed by atoms with van der Waals surface area (Å²) in [5, 5.41) is 7.86. The van der Waals surface area contributed by atoms with Crippen LogP contribution in [-0.4, -0.2) is 20.8 Å². The monoisotopic (exact) mass is 236 g/mol. The number of hydrogen-bond acceptors (Lipinski definition) is 3. The molecule has 0 aliphatic heterocycles. The highest BCUT2D eigenvalue weighted by atomic mass is 15.3. The van der Waals surface area contributed by atoms with E-state index in [0.717, 1.165) is 25.3 Å². The summed E-state index contributed by atoms with van der Waals surface area (Å²) in [5.74, 6) is 1.05. The van der Waals surface area contributed by atoms with Crippen LogP contribution in [0.4, 0.5) is 0 Å². The topological polar surface area (TPSA) is 42.7 Å². The molecule has 1 heterocycles. The van der Waals surface area contributed by atoms with E-state index in [9.17, 15) is 0 Å². The normalized spacial score (nSPS) is 21.7. The molecule has 0 unspecified atom stereocenters. The first kappa shape index (κ1) is 12.6. The van der Waals surface area contributed by atoms with Crippen molar-refractivity contribution >= 4 is 0 Å². The summed E-state index contributed by atoms with van der Waals surface area (Å²) in [5.41, 5.74) is 0.755. The summed E-state index contributed by atoms with van der Waals surface area (Å²) in [4.78, 5) is 4.32. The molecule has 0 saturated heterocycles. The number of hydrogen-bond donors (Lipinski definition) is 1. The van der Waals surface area contributed by atoms with Crippen LogP contribution in [0.25, 0.3) is 0 Å². The van der Waals surface area contributed by atoms with Crippen molar-refractivity contribution in [2.75, 3.05) is 0 Å². The van der Waals surface area contributed by atoms with Crippen LogP contribution in [-0.2, 0) is 13.1 Å². The third-order valence-corrected chi connectivity index (χ3v) is 4.62. The SMILES string of the molecule is CCCn1ncnc1CNC1C(C)(C)C1(C)C. The Bertz CT molecular complexity index is 378. The first-order valence-electron chi connectivity index (χ1n) is 6.51. The van der Waals surface area contributed by atoms with Crippen LogP contribution in [0.15, 0.2) is 6.33 Å². The maximum Gasteiger partial charge on any atom is 0.140 e. The molecule has 1 N–H and O–H groups in total. The Morgan fingerprint density at radius 2 is 1.94 bits per heavy atom. The Labute approximate surface area is 104 Å². The minimum Gasteiger partial charge on any atom is -0.306 e. The molecule has 0 aromatic carbocycles. The Morgan fingerprint density at radius 1 is 1.29 bits per heavy atom. The van der Waals surface area contributed by atoms with Gasteiger partial charge in [0.05, 0.1) is 6.54 Å². The molecule has 17 heavy (non-hydrogen) atoms. The number of nitrogens with one attached hydrogen (secondary N) is 1. The van der Waals surface area contributed by atoms with Crippen LogP contribution >= 0.6 is 0 Å². The van der Waals surface area contributed by atoms with Crippen molar-refractivity contribution in [1.29, 1.82) is 0 Å². The van der Waals surface area contributed by atoms with Gasteiger partial charge in [0.15, 0.2) is 0 Å². The minimum absolute atomic E-state index is 0.378. The standard InChI is InChI=1S/C13H24N4/c1-6-7-17-10(15-9-16-17)8-14-11-12(2,3)13(11,4)5/h9,11,14H,6-8H2,1-5H3. The Kier molecular flexibility index (Phi) is 3.02. The van der Waals surface area contributed by atoms with Gasteiger partial charge in [-0.15, -0.1) is 0 Å². The molecule has 1 aliphatic rings. The third-order valence-electron chi connectivity index (χ3n) is 4.62. The van der Waals surface area contributed by atoms with E-state index in [1.807, 2.05) is 4.68 Å². The van der Waals surface area contributed by atoms with Crippen molar-refractivity contribution in [1.82, 2.24) is 20.1 Å². The van der Waals surface area contributed by atoms with E-state index < -0.39 is 0 Å². The van der Waals surface area contributed by atoms with Crippen molar-refractivity contribution in [2.45, 2.75) is 60.2 Å². The molecular weight excluding hydrogens is 212 g/mol. The zero-order valence-corrected chi connectivity index (χ0v) is 11.6. The molecule has 96 valence electrons. The second kappa shape index (κ2) is 4.09. The summed E-state index contributed by atoms with van der Waals surface area (Å²) in [6.45, 7) is 13.2. The fraction of sp³-hybridized carbons (Fsp3) is 0.846. The number of aryl methyl sites for hydroxylation is 1. The number of rotatable bonds is 5. The van der Waals surface area contributed by atoms with Gasteiger partial charge in [-0.2, -0.15) is 5.10 Å². The zero-order chi connectivity index (χ0) is 12.7. The van der Waals surface area contributed by atoms with E-state index in [1.165, 1.54) is 0 Å². The maximum absolute atomic E-state index is 4.32. The zero-order valence-electron chi connectivity index (χ0n) is 11.6. The van der Waals surface area contributed by atoms with Crippen LogP contribution < -0.4 is 5.32 Å². The van der Waals surface area contributed by atoms with Gasteiger partial charge in [-0.1, -0.05) is 34.6 Å². The Morgan fingerprint density at radius 3 is 2.47 bits per heavy atom. The lowest BCUT2D eigenvalue weighted by atomic mass is 10.0. The van der Waals surface area contributed by atoms with Gasteiger partial charge in [0.2, 0.25) is 0 Å². The molecule has 0 atom stereocenters. The highest BCUT2D eigenvalue weighted by Crippen LogP contribution is 2.62. The lowest BCUT2D eigenvalue weighted by molar-refractivity contribution is 0.457. The average Bonchev–Trinajstić information content (AvgIpc) is 2.59. The van der Waals surface area contributed by atoms with Crippen molar-refractivity contribution in [3.05, 3.63) is 12.2 Å². The lowest BCUT2D eigenvalue weighted by Crippen LogP contribution is -2.24. The summed E-state index contributed by atoms with van der Waals surface area (Å²) in [7, 11) is 0. The molecule has 4 nitrogen and oxygen atoms in total. The van der Waals surface area contributed by atoms with Gasteiger partial charge in [-0.25, -0.2) is 9.67 Å². The highest BCUT2D eigenvalue weighted by Gasteiger charge is 2.64. The van der Waals surface area contributed by atoms with Gasteiger partial charge in [-0.3, -0.25) is 0 Å². The van der Waals surface area contributed by atoms with E-state index in [2.05, 4.69) is 50.0 Å². The molecule has 1 aliphatic carbocycles. The molecular formula is C13H24N4. The van der Waals surface area contributed by atoms with Gasteiger partial charge in [0.25, 0.3) is 0 Å². The van der Waals surface area contributed by atoms with Gasteiger partial charge in [-0.05, 0) is 17.3 Å². The molecule has 1 saturated carbocycles. The number of aromatic nitrogens is 3. The Balaban J connectivity index is 1.93. The summed E-state index contributed by atoms with van der Waals surface area (Å²) < 4.78 is 2.00. The van der Waals surface area contributed by atoms with Crippen LogP contribution in [0.2, 0.25) is 0 Å². The summed E-state index contributed by atoms with van der Waals surface area (Å²) in [6.07, 6.45) is 2.74. The first-order chi connectivity index (χ1) is 7.91. The minimum atomic E-state index is 0.378. The fourth-order valence-electron chi connectivity index (χ4n) is 2.72. The second-order valence-corrected chi connectivity index (χ2v) is 6.16. The molecule has 0 bridgehead atoms. The van der Waals surface area contributed by atoms with E-state index in [-0.39, 0.29) is 0 Å². The largest absolute Gasteiger partial charge is 0.306 e. The van der Waals surface area contributed by atoms with Crippen LogP contribution in [0, 0.1) is 10.8 Å². The summed E-state index contributed by atoms with van der Waals surface area (Å²) in [6, 6.07) is 0.571. The quantitative estimate of drug-likeness (QED) is 0.852. The number of nitrogens with zero attached hydrogens (tertiary/aromatic N) is 3. The molecule has 4 heteroatoms. The van der Waals surface area contributed by atoms with Gasteiger partial charge in [0.1, 0.15) is 12.2 Å². The smallest absolute Gasteiger partial charge is 0.140 e. The maximum atomic E-state index is 4.32. The van der Waals surface area contributed by atoms with E-state index in [0.29, 0.717) is 16.9 Å². The lowest BCUT2D eigenvalue weighted by Gasteiger charge is -2.07. The molecule has 2 rings (SSSR count). The molecule has 1 fully saturated rings. The fourth-order valence-corrected chi connectivity index (χ4v) is 2.72. The third kappa shape index (κ3) is 1.99. The van der Waals surface area contributed by atoms with Gasteiger partial charge < -0.3 is 5.32 Å². The van der Waals surface area contributed by atoms with Crippen LogP contribution in [0.3, 0.4) is 0 Å². The van der Waals surface area contributed by atoms with Crippen molar-refractivity contribution in [3.8, 4) is 0 Å². The highest BCUT2D eigenvalue weighted by molar-refractivity contribution is 5.17.